The van der Waals surface area contributed by atoms with Gasteiger partial charge in [-0.25, -0.2) is 13.2 Å². The first-order valence-corrected chi connectivity index (χ1v) is 20.8. The predicted octanol–water partition coefficient (Wildman–Crippen LogP) is 3.42. The minimum absolute atomic E-state index is 0.154. The molecule has 0 aromatic heterocycles. The van der Waals surface area contributed by atoms with Gasteiger partial charge in [-0.2, -0.15) is 4.31 Å². The van der Waals surface area contributed by atoms with Gasteiger partial charge in [-0.15, -0.1) is 0 Å². The topological polar surface area (TPSA) is 154 Å². The van der Waals surface area contributed by atoms with Crippen LogP contribution in [0.1, 0.15) is 75.2 Å². The molecule has 4 saturated heterocycles. The van der Waals surface area contributed by atoms with Crippen molar-refractivity contribution >= 4 is 45.2 Å². The predicted molar refractivity (Wildman–Crippen MR) is 204 cm³/mol. The van der Waals surface area contributed by atoms with Crippen molar-refractivity contribution < 1.29 is 32.7 Å². The molecule has 5 heterocycles. The lowest BCUT2D eigenvalue weighted by atomic mass is 9.95. The van der Waals surface area contributed by atoms with E-state index in [0.29, 0.717) is 37.3 Å². The number of piperazine rings is 1. The van der Waals surface area contributed by atoms with Crippen LogP contribution in [0, 0.1) is 5.92 Å². The summed E-state index contributed by atoms with van der Waals surface area (Å²) in [5, 5.41) is 12.2. The molecule has 7 rings (SSSR count). The number of amides is 4. The van der Waals surface area contributed by atoms with E-state index in [0.717, 1.165) is 75.6 Å². The number of nitrogens with one attached hydrogen (secondary N) is 1. The first-order chi connectivity index (χ1) is 25.7. The molecule has 2 N–H and O–H groups in total. The average Bonchev–Trinajstić information content (AvgIpc) is 3.46. The van der Waals surface area contributed by atoms with Crippen LogP contribution in [0.4, 0.5) is 16.2 Å². The summed E-state index contributed by atoms with van der Waals surface area (Å²) in [6, 6.07) is 12.4. The first-order valence-electron chi connectivity index (χ1n) is 19.3. The van der Waals surface area contributed by atoms with Crippen molar-refractivity contribution in [1.29, 1.82) is 0 Å². The Morgan fingerprint density at radius 1 is 0.852 bits per heavy atom. The Kier molecular flexibility index (Phi) is 10.7. The minimum Gasteiger partial charge on any atom is -0.465 e. The van der Waals surface area contributed by atoms with Crippen LogP contribution in [0.25, 0.3) is 0 Å². The van der Waals surface area contributed by atoms with E-state index < -0.39 is 33.6 Å². The molecule has 1 atom stereocenters. The number of hydrogen-bond acceptors (Lipinski definition) is 9. The average molecular weight is 764 g/mol. The van der Waals surface area contributed by atoms with E-state index in [2.05, 4.69) is 26.1 Å². The van der Waals surface area contributed by atoms with Gasteiger partial charge < -0.3 is 24.7 Å². The van der Waals surface area contributed by atoms with Crippen molar-refractivity contribution in [2.75, 3.05) is 68.7 Å². The summed E-state index contributed by atoms with van der Waals surface area (Å²) in [5.41, 5.74) is 2.99. The van der Waals surface area contributed by atoms with E-state index in [4.69, 9.17) is 0 Å². The molecule has 1 unspecified atom stereocenters. The van der Waals surface area contributed by atoms with Crippen molar-refractivity contribution in [1.82, 2.24) is 24.3 Å². The first kappa shape index (κ1) is 38.1. The molecule has 0 bridgehead atoms. The Morgan fingerprint density at radius 2 is 1.52 bits per heavy atom. The van der Waals surface area contributed by atoms with E-state index in [1.165, 1.54) is 9.21 Å². The lowest BCUT2D eigenvalue weighted by Crippen LogP contribution is -2.55. The van der Waals surface area contributed by atoms with Gasteiger partial charge in [0, 0.05) is 100 Å². The molecule has 2 aromatic rings. The van der Waals surface area contributed by atoms with Crippen LogP contribution in [0.3, 0.4) is 0 Å². The van der Waals surface area contributed by atoms with Crippen molar-refractivity contribution in [3.8, 4) is 0 Å². The third-order valence-electron chi connectivity index (χ3n) is 11.9. The number of fused-ring (bicyclic) bond motifs is 1. The number of piperidine rings is 3. The smallest absolute Gasteiger partial charge is 0.407 e. The third kappa shape index (κ3) is 7.80. The Bertz CT molecular complexity index is 1880. The second-order valence-electron chi connectivity index (χ2n) is 16.4. The molecule has 0 saturated carbocycles. The molecule has 0 spiro atoms. The largest absolute Gasteiger partial charge is 0.465 e. The van der Waals surface area contributed by atoms with Gasteiger partial charge in [0.15, 0.2) is 0 Å². The number of rotatable bonds is 8. The quantitative estimate of drug-likeness (QED) is 0.383. The van der Waals surface area contributed by atoms with Gasteiger partial charge >= 0.3 is 6.09 Å². The molecular weight excluding hydrogens is 711 g/mol. The summed E-state index contributed by atoms with van der Waals surface area (Å²) in [5.74, 6) is -0.280. The van der Waals surface area contributed by atoms with Gasteiger partial charge in [0.25, 0.3) is 5.91 Å². The molecule has 0 radical (unpaired) electrons. The van der Waals surface area contributed by atoms with Gasteiger partial charge in [-0.1, -0.05) is 6.07 Å². The van der Waals surface area contributed by atoms with Gasteiger partial charge in [-0.3, -0.25) is 24.6 Å². The fourth-order valence-electron chi connectivity index (χ4n) is 9.01. The molecular formula is C39H53N7O7S. The lowest BCUT2D eigenvalue weighted by molar-refractivity contribution is -0.136. The number of imide groups is 1. The van der Waals surface area contributed by atoms with Crippen LogP contribution in [-0.4, -0.2) is 133 Å². The molecule has 0 aliphatic carbocycles. The summed E-state index contributed by atoms with van der Waals surface area (Å²) >= 11 is 0. The van der Waals surface area contributed by atoms with E-state index in [1.54, 1.807) is 17.0 Å². The van der Waals surface area contributed by atoms with E-state index in [1.807, 2.05) is 45.0 Å². The molecule has 5 aliphatic heterocycles. The molecule has 4 amide bonds. The van der Waals surface area contributed by atoms with Gasteiger partial charge in [0.05, 0.1) is 4.90 Å². The third-order valence-corrected chi connectivity index (χ3v) is 13.8. The zero-order valence-electron chi connectivity index (χ0n) is 31.6. The lowest BCUT2D eigenvalue weighted by Gasteiger charge is -2.43. The van der Waals surface area contributed by atoms with E-state index in [9.17, 15) is 32.7 Å². The fraction of sp³-hybridized carbons (Fsp3) is 0.590. The van der Waals surface area contributed by atoms with Crippen LogP contribution in [-0.2, 0) is 26.2 Å². The summed E-state index contributed by atoms with van der Waals surface area (Å²) < 4.78 is 28.9. The second-order valence-corrected chi connectivity index (χ2v) is 18.4. The van der Waals surface area contributed by atoms with Gasteiger partial charge in [0.1, 0.15) is 6.04 Å². The summed E-state index contributed by atoms with van der Waals surface area (Å²) in [4.78, 5) is 59.6. The molecule has 54 heavy (non-hydrogen) atoms. The number of hydrogen-bond donors (Lipinski definition) is 2. The number of carbonyl (C=O) groups is 4. The van der Waals surface area contributed by atoms with Crippen molar-refractivity contribution in [2.24, 2.45) is 5.92 Å². The maximum atomic E-state index is 13.7. The SMILES string of the molecule is CC(C)(C)N(C(=O)O)C1CCN(S(=O)(=O)c2cccc(N3CCC(CN4CCN(c5ccc6c(c5)CN(C5CCC(=O)NC5=O)C6=O)CC4)CC3)c2)CC1. The molecule has 15 heteroatoms. The Labute approximate surface area is 318 Å². The molecule has 292 valence electrons. The fourth-order valence-corrected chi connectivity index (χ4v) is 10.5. The highest BCUT2D eigenvalue weighted by Gasteiger charge is 2.40. The number of benzene rings is 2. The number of carbonyl (C=O) groups excluding carboxylic acids is 3. The van der Waals surface area contributed by atoms with Crippen molar-refractivity contribution in [3.05, 3.63) is 53.6 Å². The summed E-state index contributed by atoms with van der Waals surface area (Å²) in [6.45, 7) is 13.0. The van der Waals surface area contributed by atoms with Crippen molar-refractivity contribution in [3.63, 3.8) is 0 Å². The van der Waals surface area contributed by atoms with Crippen LogP contribution in [0.5, 0.6) is 0 Å². The number of carboxylic acid groups (broad SMARTS) is 1. The molecule has 14 nitrogen and oxygen atoms in total. The molecule has 5 aliphatic rings. The molecule has 2 aromatic carbocycles. The van der Waals surface area contributed by atoms with E-state index in [-0.39, 0.29) is 42.3 Å². The highest BCUT2D eigenvalue weighted by atomic mass is 32.2. The van der Waals surface area contributed by atoms with E-state index >= 15 is 0 Å². The zero-order chi connectivity index (χ0) is 38.4. The zero-order valence-corrected chi connectivity index (χ0v) is 32.4. The standard InChI is InChI=1S/C39H53N7O7S/c1-39(2,3)46(38(50)51)29-13-17-44(18-14-29)54(52,53)32-6-4-5-30(24-32)42-15-11-27(12-16-42)25-41-19-21-43(22-20-41)31-7-8-33-28(23-31)26-45(37(33)49)34-9-10-35(47)40-36(34)48/h4-8,23-24,27,29,34H,9-22,25-26H2,1-3H3,(H,50,51)(H,40,47,48). The number of sulfonamides is 1. The van der Waals surface area contributed by atoms with Crippen LogP contribution in [0.15, 0.2) is 47.4 Å². The normalized spacial score (nSPS) is 22.8. The second kappa shape index (κ2) is 15.1. The summed E-state index contributed by atoms with van der Waals surface area (Å²) in [6.07, 6.45) is 2.61. The Balaban J connectivity index is 0.877. The van der Waals surface area contributed by atoms with Crippen LogP contribution >= 0.6 is 0 Å². The van der Waals surface area contributed by atoms with Gasteiger partial charge in [-0.05, 0) is 101 Å². The maximum absolute atomic E-state index is 13.7. The van der Waals surface area contributed by atoms with Crippen molar-refractivity contribution in [2.45, 2.75) is 88.4 Å². The highest BCUT2D eigenvalue weighted by molar-refractivity contribution is 7.89. The minimum atomic E-state index is -3.71. The van der Waals surface area contributed by atoms with Crippen LogP contribution < -0.4 is 15.1 Å². The summed E-state index contributed by atoms with van der Waals surface area (Å²) in [7, 11) is -3.71. The number of nitrogens with zero attached hydrogens (tertiary/aromatic N) is 6. The monoisotopic (exact) mass is 763 g/mol. The Hall–Kier alpha value is -4.21. The maximum Gasteiger partial charge on any atom is 0.407 e. The Morgan fingerprint density at radius 3 is 2.17 bits per heavy atom. The molecule has 4 fully saturated rings. The van der Waals surface area contributed by atoms with Crippen LogP contribution in [0.2, 0.25) is 0 Å². The highest BCUT2D eigenvalue weighted by Crippen LogP contribution is 2.33. The number of anilines is 2. The van der Waals surface area contributed by atoms with Gasteiger partial charge in [0.2, 0.25) is 21.8 Å².